The number of hydrogen-bond donors (Lipinski definition) is 0. The minimum absolute atomic E-state index is 0.0666. The van der Waals surface area contributed by atoms with Gasteiger partial charge in [0.15, 0.2) is 0 Å². The van der Waals surface area contributed by atoms with Gasteiger partial charge >= 0.3 is 6.16 Å². The van der Waals surface area contributed by atoms with Crippen molar-refractivity contribution < 1.29 is 19.3 Å². The third-order valence-corrected chi connectivity index (χ3v) is 4.07. The molecule has 1 heterocycles. The third kappa shape index (κ3) is 4.70. The highest BCUT2D eigenvalue weighted by Gasteiger charge is 2.21. The predicted molar refractivity (Wildman–Crippen MR) is 94.6 cm³/mol. The maximum absolute atomic E-state index is 11.8. The standard InChI is InChI=1S/C18H19N3O5/c22-18(25-14-15-4-2-1-3-5-15)26-20-12-10-19(11-13-20)16-6-8-17(9-7-16)21(23)24/h1-9H,10-14H2. The molecule has 1 fully saturated rings. The number of hydrogen-bond acceptors (Lipinski definition) is 7. The molecule has 0 spiro atoms. The van der Waals surface area contributed by atoms with Crippen molar-refractivity contribution in [3.05, 3.63) is 70.3 Å². The van der Waals surface area contributed by atoms with Crippen molar-refractivity contribution in [3.63, 3.8) is 0 Å². The van der Waals surface area contributed by atoms with Gasteiger partial charge in [0.2, 0.25) is 0 Å². The molecule has 3 rings (SSSR count). The molecule has 1 aliphatic heterocycles. The van der Waals surface area contributed by atoms with Crippen LogP contribution in [0.15, 0.2) is 54.6 Å². The van der Waals surface area contributed by atoms with Crippen LogP contribution in [0.3, 0.4) is 0 Å². The number of anilines is 1. The highest BCUT2D eigenvalue weighted by molar-refractivity contribution is 5.59. The van der Waals surface area contributed by atoms with Crippen molar-refractivity contribution in [3.8, 4) is 0 Å². The molecule has 8 nitrogen and oxygen atoms in total. The smallest absolute Gasteiger partial charge is 0.428 e. The fourth-order valence-corrected chi connectivity index (χ4v) is 2.67. The topological polar surface area (TPSA) is 85.2 Å². The zero-order valence-electron chi connectivity index (χ0n) is 14.1. The van der Waals surface area contributed by atoms with E-state index in [1.165, 1.54) is 12.1 Å². The second-order valence-electron chi connectivity index (χ2n) is 5.81. The maximum Gasteiger partial charge on any atom is 0.528 e. The van der Waals surface area contributed by atoms with Crippen molar-refractivity contribution in [1.82, 2.24) is 5.06 Å². The first-order valence-electron chi connectivity index (χ1n) is 8.25. The molecule has 2 aromatic carbocycles. The van der Waals surface area contributed by atoms with Crippen molar-refractivity contribution >= 4 is 17.5 Å². The number of nitrogens with zero attached hydrogens (tertiary/aromatic N) is 3. The predicted octanol–water partition coefficient (Wildman–Crippen LogP) is 2.99. The van der Waals surface area contributed by atoms with Gasteiger partial charge in [-0.15, -0.1) is 5.06 Å². The lowest BCUT2D eigenvalue weighted by Crippen LogP contribution is -2.47. The number of piperazine rings is 1. The Morgan fingerprint density at radius 1 is 1.00 bits per heavy atom. The highest BCUT2D eigenvalue weighted by atomic mass is 16.8. The molecule has 0 saturated carbocycles. The Kier molecular flexibility index (Phi) is 5.65. The van der Waals surface area contributed by atoms with E-state index in [9.17, 15) is 14.9 Å². The van der Waals surface area contributed by atoms with Crippen molar-refractivity contribution in [1.29, 1.82) is 0 Å². The number of hydroxylamine groups is 2. The Bertz CT molecular complexity index is 743. The Balaban J connectivity index is 1.43. The lowest BCUT2D eigenvalue weighted by atomic mass is 10.2. The number of benzene rings is 2. The van der Waals surface area contributed by atoms with Crippen LogP contribution in [0.2, 0.25) is 0 Å². The van der Waals surface area contributed by atoms with Crippen LogP contribution < -0.4 is 4.90 Å². The normalized spacial score (nSPS) is 14.7. The van der Waals surface area contributed by atoms with E-state index in [2.05, 4.69) is 4.90 Å². The average Bonchev–Trinajstić information content (AvgIpc) is 2.68. The monoisotopic (exact) mass is 357 g/mol. The first kappa shape index (κ1) is 17.7. The largest absolute Gasteiger partial charge is 0.528 e. The highest BCUT2D eigenvalue weighted by Crippen LogP contribution is 2.20. The summed E-state index contributed by atoms with van der Waals surface area (Å²) in [7, 11) is 0. The first-order valence-corrected chi connectivity index (χ1v) is 8.25. The van der Waals surface area contributed by atoms with E-state index in [1.807, 2.05) is 30.3 Å². The molecular weight excluding hydrogens is 338 g/mol. The van der Waals surface area contributed by atoms with Crippen LogP contribution in [-0.2, 0) is 16.2 Å². The zero-order chi connectivity index (χ0) is 18.4. The molecule has 0 radical (unpaired) electrons. The Morgan fingerprint density at radius 3 is 2.27 bits per heavy atom. The molecule has 0 N–H and O–H groups in total. The molecule has 136 valence electrons. The number of carbonyl (C=O) groups excluding carboxylic acids is 1. The van der Waals surface area contributed by atoms with E-state index >= 15 is 0 Å². The summed E-state index contributed by atoms with van der Waals surface area (Å²) in [6.07, 6.45) is -0.724. The van der Waals surface area contributed by atoms with Crippen molar-refractivity contribution in [2.75, 3.05) is 31.1 Å². The number of nitro groups is 1. The van der Waals surface area contributed by atoms with Gasteiger partial charge in [0.05, 0.1) is 18.0 Å². The molecule has 1 aliphatic rings. The van der Waals surface area contributed by atoms with E-state index in [0.717, 1.165) is 11.3 Å². The lowest BCUT2D eigenvalue weighted by molar-refractivity contribution is -0.384. The fraction of sp³-hybridized carbons (Fsp3) is 0.278. The minimum atomic E-state index is -0.724. The summed E-state index contributed by atoms with van der Waals surface area (Å²) in [6.45, 7) is 2.50. The molecular formula is C18H19N3O5. The molecule has 2 aromatic rings. The van der Waals surface area contributed by atoms with Crippen molar-refractivity contribution in [2.24, 2.45) is 0 Å². The lowest BCUT2D eigenvalue weighted by Gasteiger charge is -2.34. The number of non-ortho nitro benzene ring substituents is 1. The molecule has 0 unspecified atom stereocenters. The molecule has 1 saturated heterocycles. The van der Waals surface area contributed by atoms with E-state index < -0.39 is 11.1 Å². The van der Waals surface area contributed by atoms with E-state index in [0.29, 0.717) is 26.2 Å². The number of nitro benzene ring substituents is 1. The molecule has 0 atom stereocenters. The van der Waals surface area contributed by atoms with Gasteiger partial charge in [-0.3, -0.25) is 10.1 Å². The molecule has 8 heteroatoms. The molecule has 0 bridgehead atoms. The second kappa shape index (κ2) is 8.30. The van der Waals surface area contributed by atoms with Crippen LogP contribution >= 0.6 is 0 Å². The van der Waals surface area contributed by atoms with Crippen LogP contribution in [-0.4, -0.2) is 42.3 Å². The van der Waals surface area contributed by atoms with Gasteiger partial charge in [-0.2, -0.15) is 0 Å². The van der Waals surface area contributed by atoms with Gasteiger partial charge in [0.25, 0.3) is 5.69 Å². The summed E-state index contributed by atoms with van der Waals surface area (Å²) in [6, 6.07) is 15.8. The summed E-state index contributed by atoms with van der Waals surface area (Å²) in [5.41, 5.74) is 1.87. The minimum Gasteiger partial charge on any atom is -0.428 e. The first-order chi connectivity index (χ1) is 12.6. The van der Waals surface area contributed by atoms with Gasteiger partial charge in [0.1, 0.15) is 6.61 Å². The number of rotatable bonds is 5. The summed E-state index contributed by atoms with van der Waals surface area (Å²) < 4.78 is 5.10. The fourth-order valence-electron chi connectivity index (χ4n) is 2.67. The quantitative estimate of drug-likeness (QED) is 0.462. The van der Waals surface area contributed by atoms with Crippen LogP contribution in [0.25, 0.3) is 0 Å². The average molecular weight is 357 g/mol. The van der Waals surface area contributed by atoms with E-state index in [4.69, 9.17) is 9.57 Å². The van der Waals surface area contributed by atoms with Crippen LogP contribution in [0, 0.1) is 10.1 Å². The van der Waals surface area contributed by atoms with E-state index in [1.54, 1.807) is 17.2 Å². The summed E-state index contributed by atoms with van der Waals surface area (Å²) in [5.74, 6) is 0. The summed E-state index contributed by atoms with van der Waals surface area (Å²) in [4.78, 5) is 29.3. The molecule has 26 heavy (non-hydrogen) atoms. The van der Waals surface area contributed by atoms with Crippen LogP contribution in [0.5, 0.6) is 0 Å². The number of ether oxygens (including phenoxy) is 1. The van der Waals surface area contributed by atoms with Gasteiger partial charge in [-0.25, -0.2) is 4.79 Å². The maximum atomic E-state index is 11.8. The SMILES string of the molecule is O=C(OCc1ccccc1)ON1CCN(c2ccc([N+](=O)[O-])cc2)CC1. The van der Waals surface area contributed by atoms with E-state index in [-0.39, 0.29) is 12.3 Å². The Morgan fingerprint density at radius 2 is 1.65 bits per heavy atom. The molecule has 0 amide bonds. The van der Waals surface area contributed by atoms with Gasteiger partial charge < -0.3 is 14.5 Å². The van der Waals surface area contributed by atoms with Gasteiger partial charge in [-0.05, 0) is 17.7 Å². The Labute approximate surface area is 150 Å². The van der Waals surface area contributed by atoms with Crippen LogP contribution in [0.1, 0.15) is 5.56 Å². The third-order valence-electron chi connectivity index (χ3n) is 4.07. The molecule has 0 aliphatic carbocycles. The Hall–Kier alpha value is -3.13. The second-order valence-corrected chi connectivity index (χ2v) is 5.81. The molecule has 0 aromatic heterocycles. The zero-order valence-corrected chi connectivity index (χ0v) is 14.1. The van der Waals surface area contributed by atoms with Crippen molar-refractivity contribution in [2.45, 2.75) is 6.61 Å². The number of carbonyl (C=O) groups is 1. The van der Waals surface area contributed by atoms with Gasteiger partial charge in [0, 0.05) is 30.9 Å². The van der Waals surface area contributed by atoms with Crippen LogP contribution in [0.4, 0.5) is 16.2 Å². The summed E-state index contributed by atoms with van der Waals surface area (Å²) >= 11 is 0. The summed E-state index contributed by atoms with van der Waals surface area (Å²) in [5, 5.41) is 12.3. The van der Waals surface area contributed by atoms with Gasteiger partial charge in [-0.1, -0.05) is 30.3 Å².